The van der Waals surface area contributed by atoms with E-state index in [1.165, 1.54) is 7.11 Å². The van der Waals surface area contributed by atoms with E-state index < -0.39 is 28.1 Å². The fourth-order valence-corrected chi connectivity index (χ4v) is 7.84. The van der Waals surface area contributed by atoms with E-state index in [4.69, 9.17) is 9.47 Å². The van der Waals surface area contributed by atoms with Crippen molar-refractivity contribution in [3.63, 3.8) is 0 Å². The van der Waals surface area contributed by atoms with E-state index in [1.807, 2.05) is 44.2 Å². The van der Waals surface area contributed by atoms with Crippen molar-refractivity contribution in [3.8, 4) is 0 Å². The number of carbonyl (C=O) groups is 1. The maximum absolute atomic E-state index is 13.5. The molecule has 5 nitrogen and oxygen atoms in total. The summed E-state index contributed by atoms with van der Waals surface area (Å²) in [4.78, 5) is 12.9. The van der Waals surface area contributed by atoms with Gasteiger partial charge in [0, 0.05) is 10.3 Å². The highest BCUT2D eigenvalue weighted by atomic mass is 32.2. The molecule has 6 heteroatoms. The molecule has 2 saturated carbocycles. The first-order valence-corrected chi connectivity index (χ1v) is 11.3. The molecule has 4 rings (SSSR count). The summed E-state index contributed by atoms with van der Waals surface area (Å²) in [7, 11) is 0.192. The van der Waals surface area contributed by atoms with Gasteiger partial charge in [-0.15, -0.1) is 0 Å². The van der Waals surface area contributed by atoms with Crippen LogP contribution in [0.3, 0.4) is 0 Å². The minimum absolute atomic E-state index is 0.137. The third-order valence-corrected chi connectivity index (χ3v) is 9.92. The van der Waals surface area contributed by atoms with Crippen molar-refractivity contribution in [3.05, 3.63) is 30.3 Å². The lowest BCUT2D eigenvalue weighted by Gasteiger charge is -2.52. The van der Waals surface area contributed by atoms with Crippen LogP contribution >= 0.6 is 0 Å². The monoisotopic (exact) mass is 406 g/mol. The summed E-state index contributed by atoms with van der Waals surface area (Å²) in [6, 6.07) is 9.50. The molecular formula is C22H30O5S. The van der Waals surface area contributed by atoms with E-state index in [0.29, 0.717) is 12.8 Å². The molecule has 0 bridgehead atoms. The molecule has 0 aromatic heterocycles. The molecule has 154 valence electrons. The number of epoxide rings is 1. The second-order valence-electron chi connectivity index (χ2n) is 9.12. The van der Waals surface area contributed by atoms with Crippen LogP contribution in [-0.2, 0) is 25.1 Å². The molecule has 1 heterocycles. The predicted molar refractivity (Wildman–Crippen MR) is 106 cm³/mol. The van der Waals surface area contributed by atoms with Crippen LogP contribution in [0.1, 0.15) is 46.5 Å². The highest BCUT2D eigenvalue weighted by Gasteiger charge is 2.82. The van der Waals surface area contributed by atoms with Crippen LogP contribution in [0.5, 0.6) is 0 Å². The molecule has 3 aliphatic rings. The molecule has 0 radical (unpaired) electrons. The number of carbonyl (C=O) groups excluding carboxylic acids is 1. The van der Waals surface area contributed by atoms with Gasteiger partial charge >= 0.3 is 5.97 Å². The summed E-state index contributed by atoms with van der Waals surface area (Å²) in [6.45, 7) is 6.06. The van der Waals surface area contributed by atoms with Crippen LogP contribution < -0.4 is 0 Å². The van der Waals surface area contributed by atoms with Gasteiger partial charge in [-0.1, -0.05) is 32.0 Å². The summed E-state index contributed by atoms with van der Waals surface area (Å²) in [6.07, 6.45) is 2.19. The molecule has 0 amide bonds. The second kappa shape index (κ2) is 6.64. The first kappa shape index (κ1) is 20.0. The van der Waals surface area contributed by atoms with Crippen LogP contribution in [0.2, 0.25) is 0 Å². The molecule has 1 aliphatic heterocycles. The highest BCUT2D eigenvalue weighted by molar-refractivity contribution is 7.85. The summed E-state index contributed by atoms with van der Waals surface area (Å²) in [5, 5.41) is 10.7. The van der Waals surface area contributed by atoms with E-state index in [9.17, 15) is 14.1 Å². The molecule has 3 fully saturated rings. The normalized spacial score (nSPS) is 44.0. The first-order valence-electron chi connectivity index (χ1n) is 10.1. The predicted octanol–water partition coefficient (Wildman–Crippen LogP) is 3.07. The topological polar surface area (TPSA) is 76.1 Å². The molecule has 1 saturated heterocycles. The zero-order valence-corrected chi connectivity index (χ0v) is 17.8. The maximum atomic E-state index is 13.5. The number of hydrogen-bond acceptors (Lipinski definition) is 5. The number of methoxy groups -OCH3 is 1. The molecule has 1 N–H and O–H groups in total. The number of aliphatic hydroxyl groups is 1. The van der Waals surface area contributed by atoms with Crippen LogP contribution in [0.4, 0.5) is 0 Å². The lowest BCUT2D eigenvalue weighted by atomic mass is 9.53. The molecule has 2 aliphatic carbocycles. The van der Waals surface area contributed by atoms with Gasteiger partial charge in [0.2, 0.25) is 0 Å². The second-order valence-corrected chi connectivity index (χ2v) is 10.8. The molecular weight excluding hydrogens is 376 g/mol. The van der Waals surface area contributed by atoms with Gasteiger partial charge in [0.1, 0.15) is 11.2 Å². The van der Waals surface area contributed by atoms with Gasteiger partial charge in [-0.25, -0.2) is 0 Å². The van der Waals surface area contributed by atoms with E-state index in [-0.39, 0.29) is 28.5 Å². The smallest absolute Gasteiger partial charge is 0.308 e. The Bertz CT molecular complexity index is 797. The SMILES string of the molecule is COC(=O)[C@@H](C)[C@@H]1CC[C@@]2(C)[C@H](S(=O)c3ccccc3)C[C@@H](O)[C@@]3(C)O[C@@]23C1. The number of aliphatic hydroxyl groups excluding tert-OH is 1. The van der Waals surface area contributed by atoms with E-state index >= 15 is 0 Å². The van der Waals surface area contributed by atoms with Crippen LogP contribution in [0, 0.1) is 17.3 Å². The minimum Gasteiger partial charge on any atom is -0.469 e. The van der Waals surface area contributed by atoms with Crippen molar-refractivity contribution in [2.75, 3.05) is 7.11 Å². The van der Waals surface area contributed by atoms with Gasteiger partial charge in [0.25, 0.3) is 0 Å². The van der Waals surface area contributed by atoms with Gasteiger partial charge in [-0.05, 0) is 50.7 Å². The highest BCUT2D eigenvalue weighted by Crippen LogP contribution is 2.72. The zero-order chi connectivity index (χ0) is 20.3. The van der Waals surface area contributed by atoms with Gasteiger partial charge in [-0.3, -0.25) is 9.00 Å². The Morgan fingerprint density at radius 3 is 2.64 bits per heavy atom. The number of benzene rings is 1. The molecule has 28 heavy (non-hydrogen) atoms. The van der Waals surface area contributed by atoms with E-state index in [1.54, 1.807) is 0 Å². The average Bonchev–Trinajstić information content (AvgIpc) is 3.34. The minimum atomic E-state index is -1.23. The van der Waals surface area contributed by atoms with E-state index in [0.717, 1.165) is 17.7 Å². The Hall–Kier alpha value is -1.24. The Morgan fingerprint density at radius 2 is 2.00 bits per heavy atom. The standard InChI is InChI=1S/C22H30O5S/c1-14(19(24)26-4)15-10-11-20(2)18(28(25)16-8-6-5-7-9-16)12-17(23)21(3)22(20,13-15)27-21/h5-9,14-15,17-18,23H,10-13H2,1-4H3/t14-,15+,17+,18+,20-,21+,22-,28?/m0/s1. The summed E-state index contributed by atoms with van der Waals surface area (Å²) >= 11 is 0. The molecule has 1 aromatic carbocycles. The Balaban J connectivity index is 1.68. The van der Waals surface area contributed by atoms with Crippen molar-refractivity contribution in [1.82, 2.24) is 0 Å². The Kier molecular flexibility index (Phi) is 4.76. The van der Waals surface area contributed by atoms with Gasteiger partial charge in [-0.2, -0.15) is 0 Å². The van der Waals surface area contributed by atoms with Crippen molar-refractivity contribution >= 4 is 16.8 Å². The molecule has 1 unspecified atom stereocenters. The van der Waals surface area contributed by atoms with Crippen molar-refractivity contribution in [2.24, 2.45) is 17.3 Å². The Labute approximate surface area is 169 Å². The number of rotatable bonds is 4. The molecule has 8 atom stereocenters. The molecule has 1 aromatic rings. The number of ether oxygens (including phenoxy) is 2. The molecule has 1 spiro atoms. The largest absolute Gasteiger partial charge is 0.469 e. The van der Waals surface area contributed by atoms with Crippen LogP contribution in [0.15, 0.2) is 35.2 Å². The van der Waals surface area contributed by atoms with Crippen molar-refractivity contribution in [2.45, 2.75) is 73.9 Å². The zero-order valence-electron chi connectivity index (χ0n) is 17.0. The fourth-order valence-electron chi connectivity index (χ4n) is 5.95. The lowest BCUT2D eigenvalue weighted by Crippen LogP contribution is -2.61. The lowest BCUT2D eigenvalue weighted by molar-refractivity contribution is -0.148. The third kappa shape index (κ3) is 2.57. The van der Waals surface area contributed by atoms with Crippen LogP contribution in [-0.4, -0.2) is 45.0 Å². The summed E-state index contributed by atoms with van der Waals surface area (Å²) < 4.78 is 24.8. The van der Waals surface area contributed by atoms with E-state index in [2.05, 4.69) is 6.92 Å². The van der Waals surface area contributed by atoms with Gasteiger partial charge in [0.05, 0.1) is 35.2 Å². The van der Waals surface area contributed by atoms with Crippen LogP contribution in [0.25, 0.3) is 0 Å². The summed E-state index contributed by atoms with van der Waals surface area (Å²) in [5.41, 5.74) is -1.49. The van der Waals surface area contributed by atoms with Crippen molar-refractivity contribution < 1.29 is 23.6 Å². The maximum Gasteiger partial charge on any atom is 0.308 e. The third-order valence-electron chi connectivity index (χ3n) is 7.95. The first-order chi connectivity index (χ1) is 13.2. The summed E-state index contributed by atoms with van der Waals surface area (Å²) in [5.74, 6) is -0.277. The number of hydrogen-bond donors (Lipinski definition) is 1. The average molecular weight is 407 g/mol. The fraction of sp³-hybridized carbons (Fsp3) is 0.682. The van der Waals surface area contributed by atoms with Gasteiger partial charge in [0.15, 0.2) is 0 Å². The Morgan fingerprint density at radius 1 is 1.32 bits per heavy atom. The van der Waals surface area contributed by atoms with Crippen molar-refractivity contribution in [1.29, 1.82) is 0 Å². The number of esters is 1. The van der Waals surface area contributed by atoms with Gasteiger partial charge < -0.3 is 14.6 Å². The quantitative estimate of drug-likeness (QED) is 0.614.